The van der Waals surface area contributed by atoms with E-state index in [2.05, 4.69) is 34.1 Å². The van der Waals surface area contributed by atoms with Crippen molar-refractivity contribution in [2.75, 3.05) is 19.7 Å². The van der Waals surface area contributed by atoms with Crippen molar-refractivity contribution in [1.82, 2.24) is 9.88 Å². The van der Waals surface area contributed by atoms with Crippen LogP contribution in [0.15, 0.2) is 66.9 Å². The van der Waals surface area contributed by atoms with Gasteiger partial charge in [0, 0.05) is 12.7 Å². The number of carboxylic acids is 1. The Morgan fingerprint density at radius 3 is 2.59 bits per heavy atom. The number of aromatic nitrogens is 1. The fraction of sp³-hybridized carbons (Fsp3) is 0.308. The Hall–Kier alpha value is -3.38. The first kappa shape index (κ1) is 20.5. The van der Waals surface area contributed by atoms with E-state index in [1.54, 1.807) is 18.3 Å². The van der Waals surface area contributed by atoms with Gasteiger partial charge in [0.15, 0.2) is 11.9 Å². The molecule has 2 aliphatic rings. The Balaban J connectivity index is 1.17. The van der Waals surface area contributed by atoms with Crippen LogP contribution < -0.4 is 9.47 Å². The quantitative estimate of drug-likeness (QED) is 0.634. The predicted molar refractivity (Wildman–Crippen MR) is 120 cm³/mol. The molecule has 0 aliphatic carbocycles. The summed E-state index contributed by atoms with van der Waals surface area (Å²) in [6.45, 7) is 3.29. The normalized spacial score (nSPS) is 18.9. The molecule has 2 aromatic carbocycles. The smallest absolute Gasteiger partial charge is 0.335 e. The van der Waals surface area contributed by atoms with Gasteiger partial charge in [-0.1, -0.05) is 42.5 Å². The van der Waals surface area contributed by atoms with Crippen LogP contribution >= 0.6 is 0 Å². The zero-order valence-electron chi connectivity index (χ0n) is 17.8. The van der Waals surface area contributed by atoms with Crippen LogP contribution in [0.25, 0.3) is 0 Å². The van der Waals surface area contributed by atoms with Gasteiger partial charge in [-0.25, -0.2) is 9.78 Å². The predicted octanol–water partition coefficient (Wildman–Crippen LogP) is 4.67. The van der Waals surface area contributed by atoms with Crippen molar-refractivity contribution in [3.63, 3.8) is 0 Å². The lowest BCUT2D eigenvalue weighted by molar-refractivity contribution is 0.0694. The van der Waals surface area contributed by atoms with Crippen LogP contribution in [0.1, 0.15) is 51.9 Å². The number of aromatic carboxylic acids is 1. The van der Waals surface area contributed by atoms with Gasteiger partial charge >= 0.3 is 5.97 Å². The van der Waals surface area contributed by atoms with Crippen LogP contribution in [0.3, 0.4) is 0 Å². The summed E-state index contributed by atoms with van der Waals surface area (Å²) in [4.78, 5) is 18.2. The Bertz CT molecular complexity index is 1090. The molecule has 6 heteroatoms. The Morgan fingerprint density at radius 2 is 1.81 bits per heavy atom. The van der Waals surface area contributed by atoms with Crippen LogP contribution in [0, 0.1) is 0 Å². The summed E-state index contributed by atoms with van der Waals surface area (Å²) in [5, 5.41) is 9.48. The van der Waals surface area contributed by atoms with E-state index in [9.17, 15) is 9.90 Å². The lowest BCUT2D eigenvalue weighted by Crippen LogP contribution is -2.32. The highest BCUT2D eigenvalue weighted by molar-refractivity contribution is 5.89. The van der Waals surface area contributed by atoms with Gasteiger partial charge in [0.25, 0.3) is 5.88 Å². The number of carboxylic acid groups (broad SMARTS) is 1. The number of likely N-dealkylation sites (tertiary alicyclic amines) is 1. The topological polar surface area (TPSA) is 71.9 Å². The van der Waals surface area contributed by atoms with Crippen LogP contribution in [-0.2, 0) is 6.54 Å². The van der Waals surface area contributed by atoms with Crippen molar-refractivity contribution in [3.8, 4) is 11.6 Å². The maximum Gasteiger partial charge on any atom is 0.335 e. The molecule has 6 nitrogen and oxygen atoms in total. The number of piperidine rings is 1. The highest BCUT2D eigenvalue weighted by Crippen LogP contribution is 2.34. The molecule has 1 fully saturated rings. The molecule has 0 radical (unpaired) electrons. The van der Waals surface area contributed by atoms with Crippen molar-refractivity contribution in [2.45, 2.75) is 31.4 Å². The molecule has 0 unspecified atom stereocenters. The van der Waals surface area contributed by atoms with E-state index >= 15 is 0 Å². The lowest BCUT2D eigenvalue weighted by atomic mass is 9.86. The number of fused-ring (bicyclic) bond motifs is 1. The maximum atomic E-state index is 11.5. The molecule has 2 aliphatic heterocycles. The molecule has 0 bridgehead atoms. The van der Waals surface area contributed by atoms with Crippen molar-refractivity contribution < 1.29 is 19.4 Å². The average molecular weight is 431 g/mol. The fourth-order valence-electron chi connectivity index (χ4n) is 4.62. The second kappa shape index (κ2) is 9.01. The highest BCUT2D eigenvalue weighted by atomic mass is 16.6. The fourth-order valence-corrected chi connectivity index (χ4v) is 4.62. The second-order valence-electron chi connectivity index (χ2n) is 8.41. The summed E-state index contributed by atoms with van der Waals surface area (Å²) in [6, 6.07) is 19.6. The third kappa shape index (κ3) is 4.32. The van der Waals surface area contributed by atoms with E-state index in [0.29, 0.717) is 29.7 Å². The van der Waals surface area contributed by atoms with Crippen molar-refractivity contribution >= 4 is 5.97 Å². The minimum atomic E-state index is -0.838. The molecule has 1 atom stereocenters. The minimum Gasteiger partial charge on any atom is -0.484 e. The Morgan fingerprint density at radius 1 is 1.03 bits per heavy atom. The van der Waals surface area contributed by atoms with E-state index in [0.717, 1.165) is 43.6 Å². The van der Waals surface area contributed by atoms with Crippen LogP contribution in [0.5, 0.6) is 11.6 Å². The summed E-state index contributed by atoms with van der Waals surface area (Å²) >= 11 is 0. The largest absolute Gasteiger partial charge is 0.484 e. The molecular weight excluding hydrogens is 404 g/mol. The van der Waals surface area contributed by atoms with E-state index < -0.39 is 5.97 Å². The summed E-state index contributed by atoms with van der Waals surface area (Å²) in [7, 11) is 0. The first-order chi connectivity index (χ1) is 15.7. The van der Waals surface area contributed by atoms with E-state index in [1.807, 2.05) is 24.3 Å². The average Bonchev–Trinajstić information content (AvgIpc) is 2.85. The summed E-state index contributed by atoms with van der Waals surface area (Å²) in [6.07, 6.45) is 3.50. The van der Waals surface area contributed by atoms with Crippen LogP contribution in [0.4, 0.5) is 0 Å². The number of hydrogen-bond donors (Lipinski definition) is 1. The monoisotopic (exact) mass is 430 g/mol. The third-order valence-electron chi connectivity index (χ3n) is 6.36. The molecule has 1 saturated heterocycles. The first-order valence-corrected chi connectivity index (χ1v) is 11.1. The number of carbonyl (C=O) groups is 1. The lowest BCUT2D eigenvalue weighted by Gasteiger charge is -2.32. The van der Waals surface area contributed by atoms with Crippen molar-refractivity contribution in [1.29, 1.82) is 0 Å². The van der Waals surface area contributed by atoms with Gasteiger partial charge in [-0.2, -0.15) is 0 Å². The van der Waals surface area contributed by atoms with Gasteiger partial charge in [0.2, 0.25) is 0 Å². The van der Waals surface area contributed by atoms with E-state index in [-0.39, 0.29) is 6.10 Å². The molecule has 164 valence electrons. The number of pyridine rings is 1. The zero-order valence-corrected chi connectivity index (χ0v) is 17.8. The second-order valence-corrected chi connectivity index (χ2v) is 8.41. The number of rotatable bonds is 5. The van der Waals surface area contributed by atoms with Crippen molar-refractivity contribution in [3.05, 3.63) is 89.1 Å². The Kier molecular flexibility index (Phi) is 5.77. The van der Waals surface area contributed by atoms with E-state index in [1.165, 1.54) is 5.56 Å². The molecule has 32 heavy (non-hydrogen) atoms. The number of nitrogens with zero attached hydrogens (tertiary/aromatic N) is 2. The molecule has 0 spiro atoms. The summed E-state index contributed by atoms with van der Waals surface area (Å²) in [5.41, 5.74) is 3.74. The Labute approximate surface area is 187 Å². The molecule has 3 aromatic rings. The molecule has 1 aromatic heterocycles. The van der Waals surface area contributed by atoms with E-state index in [4.69, 9.17) is 9.47 Å². The SMILES string of the molecule is O=C(O)c1ccccc1C1CCN(Cc2ccc([C@H]3COc4cccnc4O3)cc2)CC1. The van der Waals surface area contributed by atoms with Gasteiger partial charge < -0.3 is 14.6 Å². The summed E-state index contributed by atoms with van der Waals surface area (Å²) in [5.74, 6) is 0.700. The van der Waals surface area contributed by atoms with Gasteiger partial charge in [0.05, 0.1) is 5.56 Å². The third-order valence-corrected chi connectivity index (χ3v) is 6.36. The van der Waals surface area contributed by atoms with Gasteiger partial charge in [-0.05, 0) is 66.7 Å². The number of ether oxygens (including phenoxy) is 2. The number of hydrogen-bond acceptors (Lipinski definition) is 5. The minimum absolute atomic E-state index is 0.156. The van der Waals surface area contributed by atoms with Crippen LogP contribution in [0.2, 0.25) is 0 Å². The molecule has 0 saturated carbocycles. The van der Waals surface area contributed by atoms with Gasteiger partial charge in [0.1, 0.15) is 6.61 Å². The maximum absolute atomic E-state index is 11.5. The molecule has 5 rings (SSSR count). The zero-order chi connectivity index (χ0) is 21.9. The molecular formula is C26H26N2O4. The number of benzene rings is 2. The first-order valence-electron chi connectivity index (χ1n) is 11.1. The van der Waals surface area contributed by atoms with Crippen LogP contribution in [-0.4, -0.2) is 40.7 Å². The standard InChI is InChI=1S/C26H26N2O4/c29-26(30)22-5-2-1-4-21(22)19-11-14-28(15-12-19)16-18-7-9-20(10-8-18)24-17-31-23-6-3-13-27-25(23)32-24/h1-10,13,19,24H,11-12,14-17H2,(H,29,30)/t24-/m1/s1. The molecule has 1 N–H and O–H groups in total. The molecule has 0 amide bonds. The highest BCUT2D eigenvalue weighted by Gasteiger charge is 2.25. The van der Waals surface area contributed by atoms with Gasteiger partial charge in [-0.3, -0.25) is 4.90 Å². The molecule has 3 heterocycles. The van der Waals surface area contributed by atoms with Gasteiger partial charge in [-0.15, -0.1) is 0 Å². The van der Waals surface area contributed by atoms with Crippen molar-refractivity contribution in [2.24, 2.45) is 0 Å². The summed E-state index contributed by atoms with van der Waals surface area (Å²) < 4.78 is 11.8.